The quantitative estimate of drug-likeness (QED) is 0.837. The third-order valence-electron chi connectivity index (χ3n) is 1.82. The molecule has 15 heavy (non-hydrogen) atoms. The van der Waals surface area contributed by atoms with Crippen LogP contribution in [0.2, 0.25) is 10.4 Å². The van der Waals surface area contributed by atoms with Crippen molar-refractivity contribution in [3.63, 3.8) is 0 Å². The fraction of sp³-hybridized carbons (Fsp3) is 0.100. The minimum Gasteiger partial charge on any atom is -0.448 e. The molecular formula is C10H8Cl2N2O. The summed E-state index contributed by atoms with van der Waals surface area (Å²) in [6, 6.07) is 7.10. The Morgan fingerprint density at radius 1 is 1.27 bits per heavy atom. The standard InChI is InChI=1S/C10H8Cl2N2O/c11-9-5-7(3-4-13-9)14-6-8-1-2-10(12)15-8/h1-5H,6H2,(H,13,14). The van der Waals surface area contributed by atoms with Crippen LogP contribution in [-0.4, -0.2) is 4.98 Å². The zero-order valence-corrected chi connectivity index (χ0v) is 9.22. The number of hydrogen-bond acceptors (Lipinski definition) is 3. The molecule has 2 rings (SSSR count). The molecule has 2 heterocycles. The SMILES string of the molecule is Clc1cc(NCc2ccc(Cl)o2)ccn1. The lowest BCUT2D eigenvalue weighted by atomic mass is 10.4. The van der Waals surface area contributed by atoms with Crippen molar-refractivity contribution in [2.75, 3.05) is 5.32 Å². The van der Waals surface area contributed by atoms with Crippen molar-refractivity contribution >= 4 is 28.9 Å². The van der Waals surface area contributed by atoms with Gasteiger partial charge in [0.25, 0.3) is 0 Å². The van der Waals surface area contributed by atoms with E-state index in [1.807, 2.05) is 12.1 Å². The Balaban J connectivity index is 1.99. The number of anilines is 1. The number of aromatic nitrogens is 1. The van der Waals surface area contributed by atoms with Gasteiger partial charge in [0.2, 0.25) is 0 Å². The number of rotatable bonds is 3. The summed E-state index contributed by atoms with van der Waals surface area (Å²) in [6.07, 6.45) is 1.64. The molecule has 0 aliphatic heterocycles. The highest BCUT2D eigenvalue weighted by Gasteiger charge is 1.99. The molecule has 0 aliphatic carbocycles. The molecule has 0 aromatic carbocycles. The van der Waals surface area contributed by atoms with Gasteiger partial charge in [0.05, 0.1) is 6.54 Å². The van der Waals surface area contributed by atoms with E-state index in [0.29, 0.717) is 16.9 Å². The molecule has 1 N–H and O–H groups in total. The fourth-order valence-corrected chi connectivity index (χ4v) is 1.48. The molecule has 2 aromatic heterocycles. The summed E-state index contributed by atoms with van der Waals surface area (Å²) in [5.41, 5.74) is 0.891. The predicted octanol–water partition coefficient (Wildman–Crippen LogP) is 3.59. The lowest BCUT2D eigenvalue weighted by molar-refractivity contribution is 0.520. The minimum absolute atomic E-state index is 0.388. The van der Waals surface area contributed by atoms with Crippen LogP contribution in [-0.2, 0) is 6.54 Å². The molecular weight excluding hydrogens is 235 g/mol. The third-order valence-corrected chi connectivity index (χ3v) is 2.23. The van der Waals surface area contributed by atoms with Gasteiger partial charge in [-0.25, -0.2) is 4.98 Å². The molecule has 78 valence electrons. The van der Waals surface area contributed by atoms with Crippen LogP contribution in [0.1, 0.15) is 5.76 Å². The van der Waals surface area contributed by atoms with Crippen LogP contribution in [0.3, 0.4) is 0 Å². The average molecular weight is 243 g/mol. The normalized spacial score (nSPS) is 10.3. The third kappa shape index (κ3) is 2.88. The lowest BCUT2D eigenvalue weighted by Gasteiger charge is -2.03. The zero-order chi connectivity index (χ0) is 10.7. The molecule has 0 aliphatic rings. The Kier molecular flexibility index (Phi) is 3.14. The van der Waals surface area contributed by atoms with Gasteiger partial charge in [-0.15, -0.1) is 0 Å². The van der Waals surface area contributed by atoms with Crippen LogP contribution in [0, 0.1) is 0 Å². The molecule has 0 atom stereocenters. The van der Waals surface area contributed by atoms with E-state index in [0.717, 1.165) is 11.4 Å². The maximum atomic E-state index is 5.74. The topological polar surface area (TPSA) is 38.1 Å². The molecule has 3 nitrogen and oxygen atoms in total. The average Bonchev–Trinajstić information content (AvgIpc) is 2.62. The Bertz CT molecular complexity index is 456. The number of halogens is 2. The molecule has 0 radical (unpaired) electrons. The fourth-order valence-electron chi connectivity index (χ4n) is 1.15. The number of nitrogens with one attached hydrogen (secondary N) is 1. The second-order valence-corrected chi connectivity index (χ2v) is 3.69. The summed E-state index contributed by atoms with van der Waals surface area (Å²) in [5.74, 6) is 0.771. The molecule has 0 bridgehead atoms. The highest BCUT2D eigenvalue weighted by molar-refractivity contribution is 6.29. The maximum absolute atomic E-state index is 5.74. The molecule has 0 saturated carbocycles. The van der Waals surface area contributed by atoms with E-state index in [9.17, 15) is 0 Å². The molecule has 0 saturated heterocycles. The largest absolute Gasteiger partial charge is 0.448 e. The Morgan fingerprint density at radius 2 is 2.13 bits per heavy atom. The first-order valence-electron chi connectivity index (χ1n) is 4.34. The molecule has 0 spiro atoms. The number of pyridine rings is 1. The van der Waals surface area contributed by atoms with Crippen LogP contribution in [0.25, 0.3) is 0 Å². The van der Waals surface area contributed by atoms with Crippen molar-refractivity contribution in [2.45, 2.75) is 6.54 Å². The van der Waals surface area contributed by atoms with E-state index < -0.39 is 0 Å². The van der Waals surface area contributed by atoms with Crippen LogP contribution >= 0.6 is 23.2 Å². The van der Waals surface area contributed by atoms with Crippen LogP contribution in [0.15, 0.2) is 34.9 Å². The van der Waals surface area contributed by atoms with Gasteiger partial charge in [-0.2, -0.15) is 0 Å². The van der Waals surface area contributed by atoms with Crippen molar-refractivity contribution in [3.8, 4) is 0 Å². The smallest absolute Gasteiger partial charge is 0.193 e. The predicted molar refractivity (Wildman–Crippen MR) is 60.3 cm³/mol. The van der Waals surface area contributed by atoms with Crippen LogP contribution in [0.5, 0.6) is 0 Å². The summed E-state index contributed by atoms with van der Waals surface area (Å²) in [4.78, 5) is 3.88. The van der Waals surface area contributed by atoms with Crippen molar-refractivity contribution in [3.05, 3.63) is 46.6 Å². The van der Waals surface area contributed by atoms with Crippen LogP contribution in [0.4, 0.5) is 5.69 Å². The van der Waals surface area contributed by atoms with E-state index in [-0.39, 0.29) is 0 Å². The first kappa shape index (κ1) is 10.3. The summed E-state index contributed by atoms with van der Waals surface area (Å²) in [7, 11) is 0. The van der Waals surface area contributed by atoms with Gasteiger partial charge in [-0.1, -0.05) is 11.6 Å². The van der Waals surface area contributed by atoms with E-state index in [1.165, 1.54) is 0 Å². The molecule has 5 heteroatoms. The van der Waals surface area contributed by atoms with Gasteiger partial charge in [-0.3, -0.25) is 0 Å². The second-order valence-electron chi connectivity index (χ2n) is 2.93. The first-order chi connectivity index (χ1) is 7.24. The molecule has 0 fully saturated rings. The number of hydrogen-bond donors (Lipinski definition) is 1. The van der Waals surface area contributed by atoms with Crippen molar-refractivity contribution in [1.29, 1.82) is 0 Å². The maximum Gasteiger partial charge on any atom is 0.193 e. The summed E-state index contributed by atoms with van der Waals surface area (Å²) in [6.45, 7) is 0.563. The Labute approximate surface area is 97.0 Å². The monoisotopic (exact) mass is 242 g/mol. The Hall–Kier alpha value is -1.19. The van der Waals surface area contributed by atoms with E-state index >= 15 is 0 Å². The van der Waals surface area contributed by atoms with Gasteiger partial charge in [0.1, 0.15) is 10.9 Å². The zero-order valence-electron chi connectivity index (χ0n) is 7.71. The van der Waals surface area contributed by atoms with Gasteiger partial charge in [0, 0.05) is 11.9 Å². The van der Waals surface area contributed by atoms with E-state index in [2.05, 4.69) is 10.3 Å². The summed E-state index contributed by atoms with van der Waals surface area (Å²) >= 11 is 11.4. The second kappa shape index (κ2) is 4.55. The van der Waals surface area contributed by atoms with Gasteiger partial charge in [0.15, 0.2) is 5.22 Å². The van der Waals surface area contributed by atoms with Crippen molar-refractivity contribution in [2.24, 2.45) is 0 Å². The molecule has 0 unspecified atom stereocenters. The van der Waals surface area contributed by atoms with Gasteiger partial charge >= 0.3 is 0 Å². The van der Waals surface area contributed by atoms with Crippen LogP contribution < -0.4 is 5.32 Å². The lowest BCUT2D eigenvalue weighted by Crippen LogP contribution is -1.97. The number of nitrogens with zero attached hydrogens (tertiary/aromatic N) is 1. The molecule has 2 aromatic rings. The first-order valence-corrected chi connectivity index (χ1v) is 5.09. The summed E-state index contributed by atoms with van der Waals surface area (Å²) in [5, 5.41) is 3.98. The molecule has 0 amide bonds. The minimum atomic E-state index is 0.388. The summed E-state index contributed by atoms with van der Waals surface area (Å²) < 4.78 is 5.19. The highest BCUT2D eigenvalue weighted by Crippen LogP contribution is 2.16. The van der Waals surface area contributed by atoms with Crippen molar-refractivity contribution < 1.29 is 4.42 Å². The van der Waals surface area contributed by atoms with Crippen molar-refractivity contribution in [1.82, 2.24) is 4.98 Å². The van der Waals surface area contributed by atoms with E-state index in [4.69, 9.17) is 27.6 Å². The highest BCUT2D eigenvalue weighted by atomic mass is 35.5. The number of furan rings is 1. The van der Waals surface area contributed by atoms with Gasteiger partial charge < -0.3 is 9.73 Å². The van der Waals surface area contributed by atoms with E-state index in [1.54, 1.807) is 18.3 Å². The van der Waals surface area contributed by atoms with Gasteiger partial charge in [-0.05, 0) is 35.9 Å². The Morgan fingerprint density at radius 3 is 2.80 bits per heavy atom.